The maximum absolute atomic E-state index is 13.5. The first-order valence-corrected chi connectivity index (χ1v) is 6.19. The summed E-state index contributed by atoms with van der Waals surface area (Å²) in [5.41, 5.74) is 0.707. The molecular formula is C16H12F4O. The number of carbonyl (C=O) groups excluding carboxylic acids is 1. The van der Waals surface area contributed by atoms with E-state index in [1.54, 1.807) is 18.2 Å². The van der Waals surface area contributed by atoms with E-state index in [2.05, 4.69) is 0 Å². The van der Waals surface area contributed by atoms with E-state index in [0.717, 1.165) is 17.2 Å². The molecule has 5 heteroatoms. The fourth-order valence-corrected chi connectivity index (χ4v) is 1.94. The average molecular weight is 296 g/mol. The molecule has 0 N–H and O–H groups in total. The Balaban J connectivity index is 2.40. The molecule has 0 bridgehead atoms. The van der Waals surface area contributed by atoms with Crippen molar-refractivity contribution >= 4 is 5.78 Å². The summed E-state index contributed by atoms with van der Waals surface area (Å²) < 4.78 is 50.9. The van der Waals surface area contributed by atoms with Crippen LogP contribution < -0.4 is 0 Å². The fourth-order valence-electron chi connectivity index (χ4n) is 1.94. The molecular weight excluding hydrogens is 284 g/mol. The second-order valence-corrected chi connectivity index (χ2v) is 4.82. The highest BCUT2D eigenvalue weighted by Gasteiger charge is 2.34. The summed E-state index contributed by atoms with van der Waals surface area (Å²) in [7, 11) is 0. The van der Waals surface area contributed by atoms with Gasteiger partial charge in [0, 0.05) is 11.1 Å². The monoisotopic (exact) mass is 296 g/mol. The van der Waals surface area contributed by atoms with Crippen LogP contribution in [0.3, 0.4) is 0 Å². The molecule has 0 aromatic heterocycles. The number of hydrogen-bond donors (Lipinski definition) is 0. The fraction of sp³-hybridized carbons (Fsp3) is 0.188. The first kappa shape index (κ1) is 15.2. The Bertz CT molecular complexity index is 702. The van der Waals surface area contributed by atoms with Crippen molar-refractivity contribution in [3.63, 3.8) is 0 Å². The smallest absolute Gasteiger partial charge is 0.289 e. The topological polar surface area (TPSA) is 17.1 Å². The van der Waals surface area contributed by atoms with Gasteiger partial charge < -0.3 is 0 Å². The molecule has 2 aromatic carbocycles. The van der Waals surface area contributed by atoms with Crippen LogP contribution in [0.5, 0.6) is 0 Å². The molecule has 0 radical (unpaired) electrons. The van der Waals surface area contributed by atoms with Gasteiger partial charge in [-0.1, -0.05) is 18.2 Å². The number of alkyl halides is 3. The van der Waals surface area contributed by atoms with Crippen LogP contribution in [0.4, 0.5) is 17.6 Å². The quantitative estimate of drug-likeness (QED) is 0.580. The summed E-state index contributed by atoms with van der Waals surface area (Å²) in [6.07, 6.45) is -4.77. The SMILES string of the molecule is Cc1ccc(C(=O)c2ccc(C(F)(F)F)c(F)c2)cc1C. The lowest BCUT2D eigenvalue weighted by atomic mass is 9.98. The molecule has 21 heavy (non-hydrogen) atoms. The van der Waals surface area contributed by atoms with Gasteiger partial charge in [-0.15, -0.1) is 0 Å². The van der Waals surface area contributed by atoms with Crippen molar-refractivity contribution in [2.24, 2.45) is 0 Å². The molecule has 0 saturated carbocycles. The van der Waals surface area contributed by atoms with Gasteiger partial charge in [-0.05, 0) is 43.2 Å². The van der Waals surface area contributed by atoms with E-state index in [1.165, 1.54) is 0 Å². The van der Waals surface area contributed by atoms with Crippen LogP contribution in [-0.2, 0) is 6.18 Å². The summed E-state index contributed by atoms with van der Waals surface area (Å²) in [6.45, 7) is 3.70. The molecule has 0 saturated heterocycles. The molecule has 0 unspecified atom stereocenters. The third kappa shape index (κ3) is 3.12. The Hall–Kier alpha value is -2.17. The van der Waals surface area contributed by atoms with Crippen molar-refractivity contribution in [1.29, 1.82) is 0 Å². The number of hydrogen-bond acceptors (Lipinski definition) is 1. The highest BCUT2D eigenvalue weighted by molar-refractivity contribution is 6.09. The molecule has 0 spiro atoms. The van der Waals surface area contributed by atoms with Crippen molar-refractivity contribution in [1.82, 2.24) is 0 Å². The molecule has 2 rings (SSSR count). The van der Waals surface area contributed by atoms with Crippen LogP contribution >= 0.6 is 0 Å². The molecule has 0 fully saturated rings. The number of halogens is 4. The predicted molar refractivity (Wildman–Crippen MR) is 70.8 cm³/mol. The summed E-state index contributed by atoms with van der Waals surface area (Å²) in [6, 6.07) is 7.14. The second kappa shape index (κ2) is 5.31. The molecule has 0 aliphatic heterocycles. The van der Waals surface area contributed by atoms with Crippen molar-refractivity contribution < 1.29 is 22.4 Å². The first-order valence-electron chi connectivity index (χ1n) is 6.19. The lowest BCUT2D eigenvalue weighted by Gasteiger charge is -2.09. The minimum absolute atomic E-state index is 0.108. The maximum atomic E-state index is 13.5. The average Bonchev–Trinajstić information content (AvgIpc) is 2.39. The zero-order valence-electron chi connectivity index (χ0n) is 11.4. The Morgan fingerprint density at radius 3 is 2.00 bits per heavy atom. The standard InChI is InChI=1S/C16H12F4O/c1-9-3-4-11(7-10(9)2)15(21)12-5-6-13(14(17)8-12)16(18,19)20/h3-8H,1-2H3. The Kier molecular flexibility index (Phi) is 3.85. The van der Waals surface area contributed by atoms with Crippen LogP contribution in [0.25, 0.3) is 0 Å². The van der Waals surface area contributed by atoms with Gasteiger partial charge >= 0.3 is 6.18 Å². The van der Waals surface area contributed by atoms with Crippen molar-refractivity contribution in [3.05, 3.63) is 70.0 Å². The van der Waals surface area contributed by atoms with Crippen LogP contribution in [0.1, 0.15) is 32.6 Å². The second-order valence-electron chi connectivity index (χ2n) is 4.82. The zero-order valence-corrected chi connectivity index (χ0v) is 11.4. The van der Waals surface area contributed by atoms with Crippen LogP contribution in [0.2, 0.25) is 0 Å². The molecule has 1 nitrogen and oxygen atoms in total. The number of carbonyl (C=O) groups is 1. The number of rotatable bonds is 2. The van der Waals surface area contributed by atoms with E-state index < -0.39 is 23.3 Å². The highest BCUT2D eigenvalue weighted by Crippen LogP contribution is 2.31. The van der Waals surface area contributed by atoms with E-state index >= 15 is 0 Å². The van der Waals surface area contributed by atoms with Gasteiger partial charge in [-0.2, -0.15) is 13.2 Å². The molecule has 0 amide bonds. The Labute approximate surface area is 119 Å². The number of ketones is 1. The molecule has 2 aromatic rings. The van der Waals surface area contributed by atoms with E-state index in [4.69, 9.17) is 0 Å². The van der Waals surface area contributed by atoms with Crippen molar-refractivity contribution in [3.8, 4) is 0 Å². The Morgan fingerprint density at radius 2 is 1.48 bits per heavy atom. The van der Waals surface area contributed by atoms with E-state index in [-0.39, 0.29) is 5.56 Å². The van der Waals surface area contributed by atoms with Crippen LogP contribution in [0.15, 0.2) is 36.4 Å². The predicted octanol–water partition coefficient (Wildman–Crippen LogP) is 4.69. The minimum atomic E-state index is -4.77. The van der Waals surface area contributed by atoms with E-state index in [0.29, 0.717) is 17.7 Å². The summed E-state index contributed by atoms with van der Waals surface area (Å²) in [5, 5.41) is 0. The van der Waals surface area contributed by atoms with E-state index in [1.807, 2.05) is 13.8 Å². The minimum Gasteiger partial charge on any atom is -0.289 e. The lowest BCUT2D eigenvalue weighted by Crippen LogP contribution is -2.10. The largest absolute Gasteiger partial charge is 0.419 e. The van der Waals surface area contributed by atoms with Crippen molar-refractivity contribution in [2.75, 3.05) is 0 Å². The van der Waals surface area contributed by atoms with Gasteiger partial charge in [-0.3, -0.25) is 4.79 Å². The van der Waals surface area contributed by atoms with Gasteiger partial charge in [0.25, 0.3) is 0 Å². The van der Waals surface area contributed by atoms with Gasteiger partial charge in [0.05, 0.1) is 5.56 Å². The summed E-state index contributed by atoms with van der Waals surface area (Å²) in [4.78, 5) is 12.2. The van der Waals surface area contributed by atoms with E-state index in [9.17, 15) is 22.4 Å². The molecule has 110 valence electrons. The lowest BCUT2D eigenvalue weighted by molar-refractivity contribution is -0.140. The summed E-state index contributed by atoms with van der Waals surface area (Å²) >= 11 is 0. The first-order chi connectivity index (χ1) is 9.70. The zero-order chi connectivity index (χ0) is 15.8. The number of aryl methyl sites for hydroxylation is 2. The normalized spacial score (nSPS) is 11.5. The number of benzene rings is 2. The molecule has 0 aliphatic carbocycles. The Morgan fingerprint density at radius 1 is 0.905 bits per heavy atom. The molecule has 0 atom stereocenters. The third-order valence-corrected chi connectivity index (χ3v) is 3.31. The van der Waals surface area contributed by atoms with Gasteiger partial charge in [0.2, 0.25) is 0 Å². The van der Waals surface area contributed by atoms with Crippen LogP contribution in [-0.4, -0.2) is 5.78 Å². The van der Waals surface area contributed by atoms with Crippen LogP contribution in [0, 0.1) is 19.7 Å². The third-order valence-electron chi connectivity index (χ3n) is 3.31. The molecule has 0 heterocycles. The van der Waals surface area contributed by atoms with Crippen molar-refractivity contribution in [2.45, 2.75) is 20.0 Å². The molecule has 0 aliphatic rings. The summed E-state index contributed by atoms with van der Waals surface area (Å²) in [5.74, 6) is -1.96. The van der Waals surface area contributed by atoms with Gasteiger partial charge in [-0.25, -0.2) is 4.39 Å². The highest BCUT2D eigenvalue weighted by atomic mass is 19.4. The van der Waals surface area contributed by atoms with Gasteiger partial charge in [0.15, 0.2) is 5.78 Å². The van der Waals surface area contributed by atoms with Gasteiger partial charge in [0.1, 0.15) is 5.82 Å². The maximum Gasteiger partial charge on any atom is 0.419 e.